The molecule has 0 N–H and O–H groups in total. The summed E-state index contributed by atoms with van der Waals surface area (Å²) in [4.78, 5) is 2.60. The minimum atomic E-state index is 0.0816. The van der Waals surface area contributed by atoms with Crippen molar-refractivity contribution < 1.29 is 4.42 Å². The molecule has 3 atom stereocenters. The molecule has 80 heavy (non-hydrogen) atoms. The van der Waals surface area contributed by atoms with Gasteiger partial charge in [0.05, 0.1) is 22.6 Å². The SMILES string of the molecule is C1=CC2C(C=C1C1C=c3c(n(-c4ccc(-c5nnc(-c6ccccc6)o5)cc4)c4ccc(-c5ccccc5)cc34)=CC1)c1cc(-c3ccccc3)ccc1N2c1ccc2c(c1)c1cc(-c3ccccc3)ccc1n2-c1ccccc1. The molecule has 10 aromatic carbocycles. The van der Waals surface area contributed by atoms with Gasteiger partial charge in [-0.15, -0.1) is 10.2 Å². The minimum Gasteiger partial charge on any atom is -0.416 e. The number of rotatable bonds is 9. The summed E-state index contributed by atoms with van der Waals surface area (Å²) < 4.78 is 11.0. The lowest BCUT2D eigenvalue weighted by Gasteiger charge is -2.31. The van der Waals surface area contributed by atoms with Gasteiger partial charge in [0.2, 0.25) is 11.8 Å². The van der Waals surface area contributed by atoms with Crippen molar-refractivity contribution in [2.24, 2.45) is 5.92 Å². The Hall–Kier alpha value is -10.3. The molecule has 0 saturated heterocycles. The van der Waals surface area contributed by atoms with Gasteiger partial charge < -0.3 is 18.5 Å². The highest BCUT2D eigenvalue weighted by atomic mass is 16.4. The molecule has 0 saturated carbocycles. The Morgan fingerprint density at radius 1 is 0.400 bits per heavy atom. The number of benzene rings is 10. The van der Waals surface area contributed by atoms with Crippen molar-refractivity contribution in [2.45, 2.75) is 18.4 Å². The molecule has 0 radical (unpaired) electrons. The second-order valence-corrected chi connectivity index (χ2v) is 21.3. The topological polar surface area (TPSA) is 52.0 Å². The summed E-state index contributed by atoms with van der Waals surface area (Å²) in [6, 6.07) is 89.7. The van der Waals surface area contributed by atoms with E-state index >= 15 is 0 Å². The molecule has 4 heterocycles. The molecule has 0 spiro atoms. The smallest absolute Gasteiger partial charge is 0.248 e. The Labute approximate surface area is 463 Å². The molecule has 2 aliphatic carbocycles. The van der Waals surface area contributed by atoms with E-state index in [9.17, 15) is 0 Å². The van der Waals surface area contributed by atoms with Crippen LogP contribution in [0.4, 0.5) is 11.4 Å². The third-order valence-corrected chi connectivity index (χ3v) is 16.8. The molecule has 16 rings (SSSR count). The van der Waals surface area contributed by atoms with E-state index in [1.807, 2.05) is 30.3 Å². The van der Waals surface area contributed by atoms with Gasteiger partial charge in [-0.25, -0.2) is 0 Å². The van der Waals surface area contributed by atoms with Crippen molar-refractivity contribution in [1.29, 1.82) is 0 Å². The zero-order chi connectivity index (χ0) is 52.7. The summed E-state index contributed by atoms with van der Waals surface area (Å²) >= 11 is 0. The first-order valence-electron chi connectivity index (χ1n) is 27.6. The number of fused-ring (bicyclic) bond motifs is 9. The predicted molar refractivity (Wildman–Crippen MR) is 328 cm³/mol. The van der Waals surface area contributed by atoms with Gasteiger partial charge in [-0.1, -0.05) is 176 Å². The quantitative estimate of drug-likeness (QED) is 0.145. The van der Waals surface area contributed by atoms with E-state index in [1.54, 1.807) is 0 Å². The third-order valence-electron chi connectivity index (χ3n) is 16.8. The normalized spacial score (nSPS) is 16.3. The summed E-state index contributed by atoms with van der Waals surface area (Å²) in [5.41, 5.74) is 20.0. The number of nitrogens with zero attached hydrogens (tertiary/aromatic N) is 5. The lowest BCUT2D eigenvalue weighted by molar-refractivity contribution is 0.584. The molecule has 0 bridgehead atoms. The van der Waals surface area contributed by atoms with Gasteiger partial charge in [-0.05, 0) is 154 Å². The van der Waals surface area contributed by atoms with Crippen LogP contribution in [0, 0.1) is 5.92 Å². The van der Waals surface area contributed by atoms with Crippen LogP contribution in [-0.4, -0.2) is 25.4 Å². The van der Waals surface area contributed by atoms with Gasteiger partial charge in [0.1, 0.15) is 0 Å². The number of hydrogen-bond donors (Lipinski definition) is 0. The fourth-order valence-electron chi connectivity index (χ4n) is 12.9. The van der Waals surface area contributed by atoms with Crippen molar-refractivity contribution in [2.75, 3.05) is 4.90 Å². The van der Waals surface area contributed by atoms with E-state index in [0.717, 1.165) is 28.9 Å². The van der Waals surface area contributed by atoms with E-state index in [0.29, 0.717) is 11.8 Å². The second kappa shape index (κ2) is 18.7. The number of anilines is 2. The fourth-order valence-corrected chi connectivity index (χ4v) is 12.9. The third kappa shape index (κ3) is 7.63. The first-order valence-corrected chi connectivity index (χ1v) is 27.6. The van der Waals surface area contributed by atoms with Crippen molar-refractivity contribution in [3.8, 4) is 67.7 Å². The van der Waals surface area contributed by atoms with Crippen LogP contribution < -0.4 is 15.5 Å². The summed E-state index contributed by atoms with van der Waals surface area (Å²) in [5.74, 6) is 1.30. The maximum absolute atomic E-state index is 6.18. The fraction of sp³-hybridized carbons (Fsp3) is 0.0541. The van der Waals surface area contributed by atoms with Crippen LogP contribution in [-0.2, 0) is 0 Å². The van der Waals surface area contributed by atoms with Crippen LogP contribution in [0.5, 0.6) is 0 Å². The van der Waals surface area contributed by atoms with Gasteiger partial charge in [0.15, 0.2) is 0 Å². The van der Waals surface area contributed by atoms with E-state index < -0.39 is 0 Å². The van der Waals surface area contributed by atoms with Crippen molar-refractivity contribution in [3.63, 3.8) is 0 Å². The molecule has 3 aliphatic rings. The Morgan fingerprint density at radius 3 is 1.52 bits per heavy atom. The van der Waals surface area contributed by atoms with Crippen LogP contribution in [0.15, 0.2) is 277 Å². The first kappa shape index (κ1) is 45.9. The molecule has 3 aromatic heterocycles. The van der Waals surface area contributed by atoms with Crippen LogP contribution in [0.1, 0.15) is 17.9 Å². The summed E-state index contributed by atoms with van der Waals surface area (Å²) in [7, 11) is 0. The maximum atomic E-state index is 6.18. The van der Waals surface area contributed by atoms with Crippen LogP contribution >= 0.6 is 0 Å². The zero-order valence-electron chi connectivity index (χ0n) is 43.6. The van der Waals surface area contributed by atoms with E-state index in [2.05, 4.69) is 273 Å². The lowest BCUT2D eigenvalue weighted by atomic mass is 9.81. The molecular weight excluding hydrogens is 975 g/mol. The van der Waals surface area contributed by atoms with Crippen LogP contribution in [0.2, 0.25) is 0 Å². The van der Waals surface area contributed by atoms with Gasteiger partial charge in [0.25, 0.3) is 0 Å². The highest BCUT2D eigenvalue weighted by Crippen LogP contribution is 2.51. The van der Waals surface area contributed by atoms with Crippen molar-refractivity contribution >= 4 is 56.2 Å². The average molecular weight is 1030 g/mol. The monoisotopic (exact) mass is 1030 g/mol. The molecule has 0 fully saturated rings. The molecule has 0 amide bonds. The zero-order valence-corrected chi connectivity index (χ0v) is 43.6. The number of allylic oxidation sites excluding steroid dienone is 2. The predicted octanol–water partition coefficient (Wildman–Crippen LogP) is 16.8. The van der Waals surface area contributed by atoms with E-state index in [1.165, 1.54) is 99.2 Å². The number of aromatic nitrogens is 4. The Kier molecular flexibility index (Phi) is 10.7. The van der Waals surface area contributed by atoms with Gasteiger partial charge >= 0.3 is 0 Å². The van der Waals surface area contributed by atoms with E-state index in [4.69, 9.17) is 4.42 Å². The van der Waals surface area contributed by atoms with Crippen molar-refractivity contribution in [1.82, 2.24) is 19.3 Å². The van der Waals surface area contributed by atoms with Crippen molar-refractivity contribution in [3.05, 3.63) is 289 Å². The molecular formula is C74H51N5O. The van der Waals surface area contributed by atoms with Crippen LogP contribution in [0.25, 0.3) is 113 Å². The summed E-state index contributed by atoms with van der Waals surface area (Å²) in [5, 5.41) is 15.0. The molecule has 6 heteroatoms. The number of hydrogen-bond acceptors (Lipinski definition) is 4. The van der Waals surface area contributed by atoms with Gasteiger partial charge in [0, 0.05) is 72.4 Å². The molecule has 378 valence electrons. The second-order valence-electron chi connectivity index (χ2n) is 21.3. The Balaban J connectivity index is 0.808. The molecule has 1 aliphatic heterocycles. The summed E-state index contributed by atoms with van der Waals surface area (Å²) in [6.45, 7) is 0. The largest absolute Gasteiger partial charge is 0.416 e. The lowest BCUT2D eigenvalue weighted by Crippen LogP contribution is -2.33. The van der Waals surface area contributed by atoms with Gasteiger partial charge in [-0.2, -0.15) is 0 Å². The first-order chi connectivity index (χ1) is 39.6. The van der Waals surface area contributed by atoms with E-state index in [-0.39, 0.29) is 17.9 Å². The average Bonchev–Trinajstić information content (AvgIpc) is 4.44. The Bertz CT molecular complexity index is 4730. The standard InChI is InChI=1S/C74H51N5O/c1-6-16-48(17-7-1)53-28-36-67-61(42-53)63-45-56(31-39-68(63)78(67)59-33-26-52(27-34-59)74-76-75-73(80-74)51-22-12-4-13-23-51)57-32-40-71-64(46-57)62-43-54(49-18-8-2-9-19-49)30-38-70(62)79(71)60-35-41-72-66(47-60)65-44-55(50-20-10-3-11-21-50)29-37-69(65)77(72)58-24-14-5-15-25-58/h1-30,32-47,56,64,71H,31H2. The molecule has 13 aromatic rings. The molecule has 6 nitrogen and oxygen atoms in total. The van der Waals surface area contributed by atoms with Crippen LogP contribution in [0.3, 0.4) is 0 Å². The maximum Gasteiger partial charge on any atom is 0.248 e. The minimum absolute atomic E-state index is 0.0816. The molecule has 3 unspecified atom stereocenters. The number of para-hydroxylation sites is 1. The Morgan fingerprint density at radius 2 is 0.887 bits per heavy atom. The van der Waals surface area contributed by atoms with Gasteiger partial charge in [-0.3, -0.25) is 0 Å². The highest BCUT2D eigenvalue weighted by Gasteiger charge is 2.39. The summed E-state index contributed by atoms with van der Waals surface area (Å²) in [6.07, 6.45) is 13.4. The highest BCUT2D eigenvalue weighted by molar-refractivity contribution is 6.12.